The monoisotopic (exact) mass is 550 g/mol. The minimum atomic E-state index is -0.483. The van der Waals surface area contributed by atoms with Gasteiger partial charge in [-0.3, -0.25) is 9.59 Å². The average Bonchev–Trinajstić information content (AvgIpc) is 2.84. The van der Waals surface area contributed by atoms with Crippen LogP contribution in [0.25, 0.3) is 0 Å². The highest BCUT2D eigenvalue weighted by Crippen LogP contribution is 2.37. The highest BCUT2D eigenvalue weighted by atomic mass is 79.9. The Morgan fingerprint density at radius 3 is 2.24 bits per heavy atom. The number of nitrogens with one attached hydrogen (secondary N) is 2. The first-order valence-corrected chi connectivity index (χ1v) is 12.5. The van der Waals surface area contributed by atoms with Crippen molar-refractivity contribution in [3.8, 4) is 0 Å². The van der Waals surface area contributed by atoms with Crippen LogP contribution in [0.5, 0.6) is 0 Å². The van der Waals surface area contributed by atoms with Gasteiger partial charge in [-0.05, 0) is 66.2 Å². The molecule has 1 unspecified atom stereocenters. The van der Waals surface area contributed by atoms with Crippen LogP contribution in [0, 0.1) is 0 Å². The first-order chi connectivity index (χ1) is 16.5. The molecule has 0 spiro atoms. The molecule has 0 saturated carbocycles. The van der Waals surface area contributed by atoms with Gasteiger partial charge in [0.15, 0.2) is 0 Å². The maximum Gasteiger partial charge on any atom is 0.255 e. The Morgan fingerprint density at radius 1 is 0.765 bits per heavy atom. The van der Waals surface area contributed by atoms with E-state index in [4.69, 9.17) is 11.6 Å². The van der Waals surface area contributed by atoms with Crippen molar-refractivity contribution in [2.75, 3.05) is 10.6 Å². The fourth-order valence-electron chi connectivity index (χ4n) is 3.26. The van der Waals surface area contributed by atoms with Gasteiger partial charge in [-0.15, -0.1) is 11.8 Å². The average molecular weight is 552 g/mol. The molecule has 1 atom stereocenters. The van der Waals surface area contributed by atoms with Gasteiger partial charge in [0.2, 0.25) is 5.91 Å². The lowest BCUT2D eigenvalue weighted by molar-refractivity contribution is -0.115. The van der Waals surface area contributed by atoms with Crippen molar-refractivity contribution < 1.29 is 9.59 Å². The number of carbonyl (C=O) groups is 2. The summed E-state index contributed by atoms with van der Waals surface area (Å²) in [5.41, 5.74) is 2.71. The van der Waals surface area contributed by atoms with E-state index in [9.17, 15) is 9.59 Å². The molecule has 0 aromatic heterocycles. The Morgan fingerprint density at radius 2 is 1.50 bits per heavy atom. The van der Waals surface area contributed by atoms with Crippen molar-refractivity contribution in [2.45, 2.75) is 10.1 Å². The third-order valence-electron chi connectivity index (χ3n) is 4.88. The molecular formula is C27H20BrClN2O2S. The van der Waals surface area contributed by atoms with E-state index in [1.54, 1.807) is 24.3 Å². The van der Waals surface area contributed by atoms with E-state index in [0.29, 0.717) is 16.3 Å². The summed E-state index contributed by atoms with van der Waals surface area (Å²) in [4.78, 5) is 26.7. The zero-order chi connectivity index (χ0) is 23.9. The molecule has 4 aromatic rings. The van der Waals surface area contributed by atoms with Gasteiger partial charge in [0.1, 0.15) is 5.25 Å². The first kappa shape index (κ1) is 24.1. The van der Waals surface area contributed by atoms with Crippen molar-refractivity contribution in [2.24, 2.45) is 0 Å². The smallest absolute Gasteiger partial charge is 0.255 e. The Balaban J connectivity index is 1.53. The lowest BCUT2D eigenvalue weighted by Gasteiger charge is -2.18. The molecule has 0 aliphatic rings. The largest absolute Gasteiger partial charge is 0.325 e. The van der Waals surface area contributed by atoms with E-state index >= 15 is 0 Å². The third-order valence-corrected chi connectivity index (χ3v) is 6.90. The molecule has 0 bridgehead atoms. The Labute approximate surface area is 215 Å². The summed E-state index contributed by atoms with van der Waals surface area (Å²) in [5.74, 6) is -0.385. The molecule has 0 saturated heterocycles. The molecular weight excluding hydrogens is 532 g/mol. The van der Waals surface area contributed by atoms with Crippen molar-refractivity contribution in [1.82, 2.24) is 0 Å². The molecule has 2 N–H and O–H groups in total. The fraction of sp³-hybridized carbons (Fsp3) is 0.0370. The van der Waals surface area contributed by atoms with Gasteiger partial charge in [-0.25, -0.2) is 0 Å². The summed E-state index contributed by atoms with van der Waals surface area (Å²) in [7, 11) is 0. The molecule has 0 aliphatic heterocycles. The second kappa shape index (κ2) is 11.4. The van der Waals surface area contributed by atoms with Gasteiger partial charge in [-0.1, -0.05) is 70.0 Å². The van der Waals surface area contributed by atoms with E-state index in [1.807, 2.05) is 78.9 Å². The fourth-order valence-corrected chi connectivity index (χ4v) is 4.80. The molecule has 0 fully saturated rings. The minimum Gasteiger partial charge on any atom is -0.325 e. The Hall–Kier alpha value is -3.06. The highest BCUT2D eigenvalue weighted by Gasteiger charge is 2.22. The second-order valence-corrected chi connectivity index (χ2v) is 9.93. The molecule has 34 heavy (non-hydrogen) atoms. The predicted octanol–water partition coefficient (Wildman–Crippen LogP) is 7.83. The molecule has 4 rings (SSSR count). The number of anilines is 2. The molecule has 4 aromatic carbocycles. The van der Waals surface area contributed by atoms with Gasteiger partial charge < -0.3 is 10.6 Å². The number of amides is 2. The zero-order valence-corrected chi connectivity index (χ0v) is 21.0. The molecule has 2 amide bonds. The summed E-state index contributed by atoms with van der Waals surface area (Å²) in [6, 6.07) is 31.3. The van der Waals surface area contributed by atoms with E-state index in [-0.39, 0.29) is 11.8 Å². The van der Waals surface area contributed by atoms with Gasteiger partial charge >= 0.3 is 0 Å². The summed E-state index contributed by atoms with van der Waals surface area (Å²) in [6.07, 6.45) is 0. The van der Waals surface area contributed by atoms with Crippen LogP contribution in [0.1, 0.15) is 21.2 Å². The summed E-state index contributed by atoms with van der Waals surface area (Å²) in [5, 5.41) is 5.91. The molecule has 4 nitrogen and oxygen atoms in total. The van der Waals surface area contributed by atoms with Crippen LogP contribution in [0.4, 0.5) is 11.4 Å². The van der Waals surface area contributed by atoms with Gasteiger partial charge in [0.25, 0.3) is 5.91 Å². The van der Waals surface area contributed by atoms with Crippen LogP contribution in [0.3, 0.4) is 0 Å². The normalized spacial score (nSPS) is 11.5. The van der Waals surface area contributed by atoms with Crippen LogP contribution in [0.15, 0.2) is 112 Å². The van der Waals surface area contributed by atoms with Gasteiger partial charge in [0.05, 0.1) is 0 Å². The number of halogens is 2. The van der Waals surface area contributed by atoms with Crippen LogP contribution < -0.4 is 10.6 Å². The van der Waals surface area contributed by atoms with Crippen molar-refractivity contribution >= 4 is 62.5 Å². The van der Waals surface area contributed by atoms with Crippen molar-refractivity contribution in [3.05, 3.63) is 124 Å². The number of hydrogen-bond acceptors (Lipinski definition) is 3. The number of hydrogen-bond donors (Lipinski definition) is 2. The number of carbonyl (C=O) groups excluding carboxylic acids is 2. The van der Waals surface area contributed by atoms with Gasteiger partial charge in [-0.2, -0.15) is 0 Å². The summed E-state index contributed by atoms with van der Waals surface area (Å²) < 4.78 is 0.941. The van der Waals surface area contributed by atoms with Crippen LogP contribution in [-0.4, -0.2) is 11.8 Å². The van der Waals surface area contributed by atoms with Gasteiger partial charge in [0, 0.05) is 31.3 Å². The Kier molecular flexibility index (Phi) is 8.06. The van der Waals surface area contributed by atoms with Crippen molar-refractivity contribution in [1.29, 1.82) is 0 Å². The predicted molar refractivity (Wildman–Crippen MR) is 144 cm³/mol. The molecule has 170 valence electrons. The Bertz CT molecular complexity index is 1300. The SMILES string of the molecule is O=C(Nc1cccc(SC(C(=O)Nc2ccc(Br)cc2)c2ccccc2)c1)c1cccc(Cl)c1. The lowest BCUT2D eigenvalue weighted by Crippen LogP contribution is -2.19. The lowest BCUT2D eigenvalue weighted by atomic mass is 10.1. The molecule has 0 aliphatic carbocycles. The number of benzene rings is 4. The van der Waals surface area contributed by atoms with E-state index in [0.717, 1.165) is 20.6 Å². The molecule has 7 heteroatoms. The van der Waals surface area contributed by atoms with E-state index in [1.165, 1.54) is 11.8 Å². The number of thioether (sulfide) groups is 1. The first-order valence-electron chi connectivity index (χ1n) is 10.4. The molecule has 0 heterocycles. The quantitative estimate of drug-likeness (QED) is 0.230. The maximum atomic E-state index is 13.3. The summed E-state index contributed by atoms with van der Waals surface area (Å²) >= 11 is 10.8. The third kappa shape index (κ3) is 6.50. The summed E-state index contributed by atoms with van der Waals surface area (Å²) in [6.45, 7) is 0. The maximum absolute atomic E-state index is 13.3. The van der Waals surface area contributed by atoms with Crippen LogP contribution >= 0.6 is 39.3 Å². The molecule has 0 radical (unpaired) electrons. The minimum absolute atomic E-state index is 0.133. The second-order valence-electron chi connectivity index (χ2n) is 7.40. The number of rotatable bonds is 7. The van der Waals surface area contributed by atoms with Crippen molar-refractivity contribution in [3.63, 3.8) is 0 Å². The van der Waals surface area contributed by atoms with E-state index in [2.05, 4.69) is 26.6 Å². The highest BCUT2D eigenvalue weighted by molar-refractivity contribution is 9.10. The van der Waals surface area contributed by atoms with E-state index < -0.39 is 5.25 Å². The standard InChI is InChI=1S/C27H20BrClN2O2S/c28-20-12-14-22(15-13-20)30-27(33)25(18-6-2-1-3-7-18)34-24-11-5-10-23(17-24)31-26(32)19-8-4-9-21(29)16-19/h1-17,25H,(H,30,33)(H,31,32). The van der Waals surface area contributed by atoms with Crippen LogP contribution in [0.2, 0.25) is 5.02 Å². The topological polar surface area (TPSA) is 58.2 Å². The van der Waals surface area contributed by atoms with Crippen LogP contribution in [-0.2, 0) is 4.79 Å². The zero-order valence-electron chi connectivity index (χ0n) is 17.9.